The maximum absolute atomic E-state index is 12.7. The van der Waals surface area contributed by atoms with Crippen molar-refractivity contribution in [2.24, 2.45) is 0 Å². The third-order valence-corrected chi connectivity index (χ3v) is 6.35. The molecule has 0 spiro atoms. The summed E-state index contributed by atoms with van der Waals surface area (Å²) in [6.45, 7) is 1.89. The van der Waals surface area contributed by atoms with Crippen molar-refractivity contribution in [1.82, 2.24) is 14.9 Å². The number of benzene rings is 1. The molecule has 6 nitrogen and oxygen atoms in total. The molecule has 2 aliphatic rings. The third-order valence-electron chi connectivity index (χ3n) is 5.93. The van der Waals surface area contributed by atoms with E-state index >= 15 is 0 Å². The monoisotopic (exact) mass is 403 g/mol. The highest BCUT2D eigenvalue weighted by Crippen LogP contribution is 2.37. The molecule has 0 atom stereocenters. The van der Waals surface area contributed by atoms with Crippen molar-refractivity contribution >= 4 is 11.6 Å². The Labute approximate surface area is 169 Å². The van der Waals surface area contributed by atoms with E-state index in [4.69, 9.17) is 21.3 Å². The number of aromatic hydroxyl groups is 1. The van der Waals surface area contributed by atoms with E-state index < -0.39 is 0 Å². The highest BCUT2D eigenvalue weighted by atomic mass is 35.5. The number of nitrogens with one attached hydrogen (secondary N) is 1. The fourth-order valence-corrected chi connectivity index (χ4v) is 4.54. The average molecular weight is 404 g/mol. The molecule has 4 rings (SSSR count). The predicted octanol–water partition coefficient (Wildman–Crippen LogP) is 3.74. The number of ether oxygens (including phenoxy) is 1. The van der Waals surface area contributed by atoms with Gasteiger partial charge in [-0.05, 0) is 24.5 Å². The van der Waals surface area contributed by atoms with Crippen molar-refractivity contribution in [3.8, 4) is 11.5 Å². The number of rotatable bonds is 4. The van der Waals surface area contributed by atoms with E-state index in [0.29, 0.717) is 29.8 Å². The molecule has 7 heteroatoms. The number of halogens is 1. The van der Waals surface area contributed by atoms with Crippen molar-refractivity contribution < 1.29 is 9.84 Å². The van der Waals surface area contributed by atoms with Gasteiger partial charge >= 0.3 is 0 Å². The van der Waals surface area contributed by atoms with Gasteiger partial charge in [-0.1, -0.05) is 36.9 Å². The lowest BCUT2D eigenvalue weighted by Crippen LogP contribution is -2.36. The number of aromatic amines is 1. The molecule has 1 aromatic carbocycles. The van der Waals surface area contributed by atoms with Gasteiger partial charge in [-0.3, -0.25) is 9.69 Å². The Kier molecular flexibility index (Phi) is 5.60. The molecule has 2 N–H and O–H groups in total. The van der Waals surface area contributed by atoms with Crippen molar-refractivity contribution in [2.75, 3.05) is 13.7 Å². The predicted molar refractivity (Wildman–Crippen MR) is 108 cm³/mol. The van der Waals surface area contributed by atoms with Crippen molar-refractivity contribution in [2.45, 2.75) is 57.5 Å². The van der Waals surface area contributed by atoms with Crippen LogP contribution in [0.15, 0.2) is 16.9 Å². The molecule has 0 saturated heterocycles. The molecule has 0 amide bonds. The molecule has 2 heterocycles. The standard InChI is InChI=1S/C21H26ClN3O3/c1-28-17-8-7-14(18(22)19(17)26)11-25-10-9-16-15(12-25)21(27)24-20(23-16)13-5-3-2-4-6-13/h7-8,13,26H,2-6,9-12H2,1H3,(H,23,24,27). The van der Waals surface area contributed by atoms with Gasteiger partial charge < -0.3 is 14.8 Å². The minimum Gasteiger partial charge on any atom is -0.503 e. The normalized spacial score (nSPS) is 18.1. The maximum atomic E-state index is 12.7. The largest absolute Gasteiger partial charge is 0.503 e. The fourth-order valence-electron chi connectivity index (χ4n) is 4.32. The van der Waals surface area contributed by atoms with E-state index in [0.717, 1.165) is 48.5 Å². The highest BCUT2D eigenvalue weighted by Gasteiger charge is 2.25. The van der Waals surface area contributed by atoms with Crippen LogP contribution in [0.4, 0.5) is 0 Å². The molecule has 1 aliphatic heterocycles. The molecule has 1 saturated carbocycles. The SMILES string of the molecule is COc1ccc(CN2CCc3nc(C4CCCCC4)[nH]c(=O)c3C2)c(Cl)c1O. The summed E-state index contributed by atoms with van der Waals surface area (Å²) >= 11 is 6.30. The second-order valence-corrected chi connectivity index (χ2v) is 8.14. The van der Waals surface area contributed by atoms with Gasteiger partial charge in [0.05, 0.1) is 23.4 Å². The Morgan fingerprint density at radius 2 is 2.11 bits per heavy atom. The minimum absolute atomic E-state index is 0.0149. The number of phenols is 1. The van der Waals surface area contributed by atoms with Crippen LogP contribution < -0.4 is 10.3 Å². The summed E-state index contributed by atoms with van der Waals surface area (Å²) < 4.78 is 5.09. The fraction of sp³-hybridized carbons (Fsp3) is 0.524. The number of phenolic OH excluding ortho intramolecular Hbond substituents is 1. The van der Waals surface area contributed by atoms with Crippen LogP contribution in [0.3, 0.4) is 0 Å². The smallest absolute Gasteiger partial charge is 0.255 e. The third kappa shape index (κ3) is 3.76. The maximum Gasteiger partial charge on any atom is 0.255 e. The first-order valence-corrected chi connectivity index (χ1v) is 10.3. The van der Waals surface area contributed by atoms with Gasteiger partial charge in [-0.15, -0.1) is 0 Å². The molecule has 2 aromatic rings. The number of H-pyrrole nitrogens is 1. The first-order chi connectivity index (χ1) is 13.6. The molecule has 1 aromatic heterocycles. The Hall–Kier alpha value is -2.05. The number of aromatic nitrogens is 2. The highest BCUT2D eigenvalue weighted by molar-refractivity contribution is 6.33. The average Bonchev–Trinajstić information content (AvgIpc) is 2.72. The zero-order chi connectivity index (χ0) is 19.7. The van der Waals surface area contributed by atoms with Gasteiger partial charge in [-0.25, -0.2) is 4.98 Å². The Bertz CT molecular complexity index is 922. The summed E-state index contributed by atoms with van der Waals surface area (Å²) in [5.74, 6) is 1.58. The van der Waals surface area contributed by atoms with E-state index in [-0.39, 0.29) is 11.3 Å². The quantitative estimate of drug-likeness (QED) is 0.812. The van der Waals surface area contributed by atoms with Crippen molar-refractivity contribution in [3.05, 3.63) is 50.2 Å². The van der Waals surface area contributed by atoms with Crippen LogP contribution in [0.1, 0.15) is 60.7 Å². The molecule has 150 valence electrons. The summed E-state index contributed by atoms with van der Waals surface area (Å²) in [5.41, 5.74) is 2.48. The van der Waals surface area contributed by atoms with Crippen LogP contribution in [0.5, 0.6) is 11.5 Å². The lowest BCUT2D eigenvalue weighted by molar-refractivity contribution is 0.240. The van der Waals surface area contributed by atoms with Crippen molar-refractivity contribution in [3.63, 3.8) is 0 Å². The van der Waals surface area contributed by atoms with E-state index in [1.807, 2.05) is 6.07 Å². The van der Waals surface area contributed by atoms with Gasteiger partial charge in [0.2, 0.25) is 0 Å². The first kappa shape index (κ1) is 19.3. The van der Waals surface area contributed by atoms with Crippen LogP contribution in [-0.2, 0) is 19.5 Å². The second-order valence-electron chi connectivity index (χ2n) is 7.76. The van der Waals surface area contributed by atoms with Crippen LogP contribution in [0, 0.1) is 0 Å². The molecular formula is C21H26ClN3O3. The van der Waals surface area contributed by atoms with Gasteiger partial charge in [0, 0.05) is 32.0 Å². The summed E-state index contributed by atoms with van der Waals surface area (Å²) in [7, 11) is 1.49. The molecule has 0 bridgehead atoms. The summed E-state index contributed by atoms with van der Waals surface area (Å²) in [6, 6.07) is 3.56. The topological polar surface area (TPSA) is 78.5 Å². The number of hydrogen-bond donors (Lipinski definition) is 2. The second kappa shape index (κ2) is 8.13. The summed E-state index contributed by atoms with van der Waals surface area (Å²) in [6.07, 6.45) is 6.70. The molecular weight excluding hydrogens is 378 g/mol. The Morgan fingerprint density at radius 1 is 1.32 bits per heavy atom. The Morgan fingerprint density at radius 3 is 2.86 bits per heavy atom. The van der Waals surface area contributed by atoms with Crippen LogP contribution >= 0.6 is 11.6 Å². The molecule has 0 radical (unpaired) electrons. The minimum atomic E-state index is -0.0456. The van der Waals surface area contributed by atoms with Crippen LogP contribution in [0.25, 0.3) is 0 Å². The van der Waals surface area contributed by atoms with Crippen LogP contribution in [-0.4, -0.2) is 33.6 Å². The number of methoxy groups -OCH3 is 1. The zero-order valence-electron chi connectivity index (χ0n) is 16.1. The van der Waals surface area contributed by atoms with Gasteiger partial charge in [-0.2, -0.15) is 0 Å². The van der Waals surface area contributed by atoms with Crippen molar-refractivity contribution in [1.29, 1.82) is 0 Å². The van der Waals surface area contributed by atoms with E-state index in [2.05, 4.69) is 9.88 Å². The van der Waals surface area contributed by atoms with Gasteiger partial charge in [0.15, 0.2) is 11.5 Å². The van der Waals surface area contributed by atoms with Crippen LogP contribution in [0.2, 0.25) is 5.02 Å². The number of fused-ring (bicyclic) bond motifs is 1. The summed E-state index contributed by atoms with van der Waals surface area (Å²) in [5, 5.41) is 10.4. The van der Waals surface area contributed by atoms with E-state index in [1.165, 1.54) is 26.4 Å². The molecule has 1 fully saturated rings. The lowest BCUT2D eigenvalue weighted by atomic mass is 9.88. The number of nitrogens with zero attached hydrogens (tertiary/aromatic N) is 2. The van der Waals surface area contributed by atoms with Gasteiger partial charge in [0.1, 0.15) is 5.82 Å². The molecule has 0 unspecified atom stereocenters. The summed E-state index contributed by atoms with van der Waals surface area (Å²) in [4.78, 5) is 22.8. The first-order valence-electron chi connectivity index (χ1n) is 9.95. The zero-order valence-corrected chi connectivity index (χ0v) is 16.9. The Balaban J connectivity index is 1.52. The lowest BCUT2D eigenvalue weighted by Gasteiger charge is -2.29. The van der Waals surface area contributed by atoms with E-state index in [9.17, 15) is 9.90 Å². The number of hydrogen-bond acceptors (Lipinski definition) is 5. The molecule has 28 heavy (non-hydrogen) atoms. The van der Waals surface area contributed by atoms with E-state index in [1.54, 1.807) is 6.07 Å². The van der Waals surface area contributed by atoms with Gasteiger partial charge in [0.25, 0.3) is 5.56 Å². The molecule has 1 aliphatic carbocycles.